The lowest BCUT2D eigenvalue weighted by Crippen LogP contribution is -2.33. The molecule has 1 amide bonds. The topological polar surface area (TPSA) is 68.5 Å². The first kappa shape index (κ1) is 19.6. The zero-order valence-electron chi connectivity index (χ0n) is 16.8. The van der Waals surface area contributed by atoms with Crippen molar-refractivity contribution >= 4 is 39.8 Å². The number of benzene rings is 1. The molecule has 1 aliphatic heterocycles. The SMILES string of the molecule is O=C(NCC1CC(c2ccncc2)=NO1)c1cc2ccccc2n1C1=CC=C(Cl)CC1. The second-order valence-electron chi connectivity index (χ2n) is 7.61. The van der Waals surface area contributed by atoms with Crippen LogP contribution in [-0.4, -0.2) is 33.8 Å². The van der Waals surface area contributed by atoms with E-state index in [9.17, 15) is 4.79 Å². The van der Waals surface area contributed by atoms with Crippen molar-refractivity contribution in [2.45, 2.75) is 25.4 Å². The van der Waals surface area contributed by atoms with Crippen molar-refractivity contribution in [2.24, 2.45) is 5.16 Å². The number of pyridine rings is 1. The van der Waals surface area contributed by atoms with Crippen LogP contribution in [0.25, 0.3) is 16.6 Å². The van der Waals surface area contributed by atoms with E-state index in [1.165, 1.54) is 0 Å². The number of para-hydroxylation sites is 1. The Morgan fingerprint density at radius 3 is 2.81 bits per heavy atom. The zero-order chi connectivity index (χ0) is 21.2. The van der Waals surface area contributed by atoms with Gasteiger partial charge in [0.1, 0.15) is 11.8 Å². The van der Waals surface area contributed by atoms with Gasteiger partial charge in [0.25, 0.3) is 5.91 Å². The second-order valence-corrected chi connectivity index (χ2v) is 8.10. The van der Waals surface area contributed by atoms with Gasteiger partial charge >= 0.3 is 0 Å². The molecular formula is C24H21ClN4O2. The van der Waals surface area contributed by atoms with Crippen LogP contribution in [0.4, 0.5) is 0 Å². The second kappa shape index (κ2) is 8.40. The monoisotopic (exact) mass is 432 g/mol. The smallest absolute Gasteiger partial charge is 0.268 e. The Labute approximate surface area is 184 Å². The summed E-state index contributed by atoms with van der Waals surface area (Å²) in [6, 6.07) is 13.7. The number of hydrogen-bond acceptors (Lipinski definition) is 4. The standard InChI is InChI=1S/C24H21ClN4O2/c25-18-5-7-19(8-6-18)29-22-4-2-1-3-17(22)13-23(29)24(30)27-15-20-14-21(28-31-20)16-9-11-26-12-10-16/h1-5,7,9-13,20H,6,8,14-15H2,(H,27,30). The first-order valence-corrected chi connectivity index (χ1v) is 10.6. The highest BCUT2D eigenvalue weighted by atomic mass is 35.5. The van der Waals surface area contributed by atoms with Gasteiger partial charge in [0.15, 0.2) is 0 Å². The van der Waals surface area contributed by atoms with Crippen LogP contribution < -0.4 is 5.32 Å². The van der Waals surface area contributed by atoms with E-state index < -0.39 is 0 Å². The van der Waals surface area contributed by atoms with Crippen molar-refractivity contribution in [2.75, 3.05) is 6.54 Å². The third kappa shape index (κ3) is 3.99. The van der Waals surface area contributed by atoms with Gasteiger partial charge in [-0.3, -0.25) is 9.78 Å². The summed E-state index contributed by atoms with van der Waals surface area (Å²) >= 11 is 6.14. The number of halogens is 1. The number of allylic oxidation sites excluding steroid dienone is 4. The van der Waals surface area contributed by atoms with Gasteiger partial charge in [-0.05, 0) is 49.3 Å². The number of fused-ring (bicyclic) bond motifs is 1. The molecule has 0 fully saturated rings. The van der Waals surface area contributed by atoms with E-state index in [0.717, 1.165) is 45.7 Å². The molecule has 3 heterocycles. The van der Waals surface area contributed by atoms with Gasteiger partial charge in [0, 0.05) is 40.5 Å². The van der Waals surface area contributed by atoms with Crippen molar-refractivity contribution in [3.8, 4) is 0 Å². The van der Waals surface area contributed by atoms with Crippen molar-refractivity contribution < 1.29 is 9.63 Å². The van der Waals surface area contributed by atoms with E-state index in [2.05, 4.69) is 15.5 Å². The van der Waals surface area contributed by atoms with Crippen LogP contribution >= 0.6 is 11.6 Å². The lowest BCUT2D eigenvalue weighted by atomic mass is 10.1. The van der Waals surface area contributed by atoms with Gasteiger partial charge in [-0.1, -0.05) is 35.0 Å². The molecule has 3 aromatic rings. The van der Waals surface area contributed by atoms with Crippen LogP contribution in [0.3, 0.4) is 0 Å². The number of rotatable bonds is 5. The van der Waals surface area contributed by atoms with Gasteiger partial charge in [-0.25, -0.2) is 0 Å². The number of hydrogen-bond donors (Lipinski definition) is 1. The molecule has 1 unspecified atom stereocenters. The Bertz CT molecular complexity index is 1230. The van der Waals surface area contributed by atoms with E-state index in [4.69, 9.17) is 16.4 Å². The molecule has 31 heavy (non-hydrogen) atoms. The Hall–Kier alpha value is -3.38. The molecule has 156 valence electrons. The summed E-state index contributed by atoms with van der Waals surface area (Å²) in [5.74, 6) is -0.140. The molecule has 5 rings (SSSR count). The highest BCUT2D eigenvalue weighted by molar-refractivity contribution is 6.29. The van der Waals surface area contributed by atoms with E-state index in [-0.39, 0.29) is 12.0 Å². The maximum absolute atomic E-state index is 13.1. The molecule has 0 saturated carbocycles. The predicted molar refractivity (Wildman–Crippen MR) is 122 cm³/mol. The minimum absolute atomic E-state index is 0.140. The van der Waals surface area contributed by atoms with Gasteiger partial charge in [-0.15, -0.1) is 0 Å². The Balaban J connectivity index is 1.33. The number of amides is 1. The molecule has 0 radical (unpaired) electrons. The van der Waals surface area contributed by atoms with Gasteiger partial charge in [0.05, 0.1) is 17.8 Å². The van der Waals surface area contributed by atoms with Crippen molar-refractivity contribution in [3.05, 3.63) is 83.3 Å². The van der Waals surface area contributed by atoms with Gasteiger partial charge in [-0.2, -0.15) is 0 Å². The average molecular weight is 433 g/mol. The van der Waals surface area contributed by atoms with Crippen LogP contribution in [0.1, 0.15) is 35.3 Å². The molecule has 2 aliphatic rings. The molecule has 1 atom stereocenters. The quantitative estimate of drug-likeness (QED) is 0.634. The van der Waals surface area contributed by atoms with Crippen LogP contribution in [-0.2, 0) is 4.84 Å². The third-order valence-corrected chi connectivity index (χ3v) is 5.86. The number of aromatic nitrogens is 2. The normalized spacial score (nSPS) is 18.2. The molecule has 6 nitrogen and oxygen atoms in total. The zero-order valence-corrected chi connectivity index (χ0v) is 17.5. The fourth-order valence-corrected chi connectivity index (χ4v) is 4.13. The van der Waals surface area contributed by atoms with Gasteiger partial charge in [0.2, 0.25) is 0 Å². The Morgan fingerprint density at radius 2 is 2.00 bits per heavy atom. The number of carbonyl (C=O) groups is 1. The summed E-state index contributed by atoms with van der Waals surface area (Å²) in [6.07, 6.45) is 9.35. The maximum atomic E-state index is 13.1. The lowest BCUT2D eigenvalue weighted by molar-refractivity contribution is 0.0750. The first-order valence-electron chi connectivity index (χ1n) is 10.3. The van der Waals surface area contributed by atoms with E-state index in [0.29, 0.717) is 18.7 Å². The molecule has 2 aromatic heterocycles. The maximum Gasteiger partial charge on any atom is 0.268 e. The molecular weight excluding hydrogens is 412 g/mol. The summed E-state index contributed by atoms with van der Waals surface area (Å²) in [7, 11) is 0. The number of carbonyl (C=O) groups excluding carboxylic acids is 1. The highest BCUT2D eigenvalue weighted by Gasteiger charge is 2.24. The lowest BCUT2D eigenvalue weighted by Gasteiger charge is -2.17. The number of nitrogens with one attached hydrogen (secondary N) is 1. The molecule has 1 N–H and O–H groups in total. The van der Waals surface area contributed by atoms with E-state index in [1.807, 2.05) is 59.2 Å². The summed E-state index contributed by atoms with van der Waals surface area (Å²) in [6.45, 7) is 0.378. The average Bonchev–Trinajstić information content (AvgIpc) is 3.44. The molecule has 0 bridgehead atoms. The molecule has 0 saturated heterocycles. The summed E-state index contributed by atoms with van der Waals surface area (Å²) in [5, 5.41) is 9.05. The van der Waals surface area contributed by atoms with Gasteiger partial charge < -0.3 is 14.7 Å². The fourth-order valence-electron chi connectivity index (χ4n) is 3.97. The van der Waals surface area contributed by atoms with Crippen molar-refractivity contribution in [1.82, 2.24) is 14.9 Å². The Kier molecular flexibility index (Phi) is 5.30. The van der Waals surface area contributed by atoms with E-state index in [1.54, 1.807) is 12.4 Å². The predicted octanol–water partition coefficient (Wildman–Crippen LogP) is 4.72. The first-order chi connectivity index (χ1) is 15.2. The third-order valence-electron chi connectivity index (χ3n) is 5.54. The number of nitrogens with zero attached hydrogens (tertiary/aromatic N) is 3. The van der Waals surface area contributed by atoms with Crippen LogP contribution in [0.15, 0.2) is 77.2 Å². The Morgan fingerprint density at radius 1 is 1.16 bits per heavy atom. The highest BCUT2D eigenvalue weighted by Crippen LogP contribution is 2.30. The summed E-state index contributed by atoms with van der Waals surface area (Å²) in [4.78, 5) is 22.7. The fraction of sp³-hybridized carbons (Fsp3) is 0.208. The molecule has 1 aliphatic carbocycles. The van der Waals surface area contributed by atoms with Crippen molar-refractivity contribution in [3.63, 3.8) is 0 Å². The minimum Gasteiger partial charge on any atom is -0.390 e. The van der Waals surface area contributed by atoms with E-state index >= 15 is 0 Å². The largest absolute Gasteiger partial charge is 0.390 e. The molecule has 1 aromatic carbocycles. The molecule has 0 spiro atoms. The van der Waals surface area contributed by atoms with Crippen molar-refractivity contribution in [1.29, 1.82) is 0 Å². The summed E-state index contributed by atoms with van der Waals surface area (Å²) in [5.41, 5.74) is 4.51. The van der Waals surface area contributed by atoms with Crippen LogP contribution in [0, 0.1) is 0 Å². The van der Waals surface area contributed by atoms with Crippen LogP contribution in [0.5, 0.6) is 0 Å². The molecule has 7 heteroatoms. The number of oxime groups is 1. The van der Waals surface area contributed by atoms with Crippen LogP contribution in [0.2, 0.25) is 0 Å². The summed E-state index contributed by atoms with van der Waals surface area (Å²) < 4.78 is 2.03. The minimum atomic E-state index is -0.194.